The summed E-state index contributed by atoms with van der Waals surface area (Å²) in [5, 5.41) is 0. The first-order chi connectivity index (χ1) is 12.6. The highest BCUT2D eigenvalue weighted by atomic mass is 19.4. The molecule has 27 heavy (non-hydrogen) atoms. The van der Waals surface area contributed by atoms with Crippen LogP contribution in [0.4, 0.5) is 24.5 Å². The minimum absolute atomic E-state index is 0.00719. The number of fused-ring (bicyclic) bond motifs is 1. The molecule has 2 amide bonds. The van der Waals surface area contributed by atoms with Gasteiger partial charge in [0, 0.05) is 18.2 Å². The molecule has 1 aliphatic rings. The molecule has 0 unspecified atom stereocenters. The van der Waals surface area contributed by atoms with Gasteiger partial charge in [-0.1, -0.05) is 12.5 Å². The monoisotopic (exact) mass is 378 g/mol. The van der Waals surface area contributed by atoms with E-state index in [0.29, 0.717) is 11.4 Å². The smallest absolute Gasteiger partial charge is 0.412 e. The van der Waals surface area contributed by atoms with Gasteiger partial charge in [-0.3, -0.25) is 19.4 Å². The van der Waals surface area contributed by atoms with E-state index in [2.05, 4.69) is 12.5 Å². The van der Waals surface area contributed by atoms with Gasteiger partial charge >= 0.3 is 6.18 Å². The number of halogens is 3. The largest absolute Gasteiger partial charge is 0.482 e. The van der Waals surface area contributed by atoms with Gasteiger partial charge in [0.15, 0.2) is 6.61 Å². The van der Waals surface area contributed by atoms with Crippen molar-refractivity contribution in [2.45, 2.75) is 20.0 Å². The number of nitrogens with zero attached hydrogens (tertiary/aromatic N) is 2. The molecular weight excluding hydrogens is 361 g/mol. The first-order valence-corrected chi connectivity index (χ1v) is 7.82. The number of hydrogen-bond donors (Lipinski definition) is 0. The second-order valence-corrected chi connectivity index (χ2v) is 5.80. The van der Waals surface area contributed by atoms with Crippen LogP contribution < -0.4 is 14.5 Å². The Morgan fingerprint density at radius 3 is 2.67 bits per heavy atom. The lowest BCUT2D eigenvalue weighted by atomic mass is 10.1. The van der Waals surface area contributed by atoms with Crippen LogP contribution in [0.5, 0.6) is 5.75 Å². The summed E-state index contributed by atoms with van der Waals surface area (Å²) < 4.78 is 43.7. The molecule has 1 aromatic rings. The Hall–Kier alpha value is -3.21. The fraction of sp³-hybridized carbons (Fsp3) is 0.263. The van der Waals surface area contributed by atoms with Crippen LogP contribution in [-0.2, 0) is 9.59 Å². The number of rotatable bonds is 4. The minimum Gasteiger partial charge on any atom is -0.482 e. The van der Waals surface area contributed by atoms with Gasteiger partial charge in [-0.05, 0) is 31.2 Å². The second kappa shape index (κ2) is 7.58. The zero-order valence-electron chi connectivity index (χ0n) is 14.8. The normalized spacial score (nSPS) is 14.1. The molecule has 0 bridgehead atoms. The molecule has 0 aliphatic carbocycles. The fourth-order valence-electron chi connectivity index (χ4n) is 2.54. The van der Waals surface area contributed by atoms with E-state index in [1.165, 1.54) is 30.0 Å². The number of benzene rings is 1. The van der Waals surface area contributed by atoms with E-state index < -0.39 is 17.7 Å². The van der Waals surface area contributed by atoms with E-state index in [-0.39, 0.29) is 30.4 Å². The number of ether oxygens (including phenoxy) is 1. The van der Waals surface area contributed by atoms with Crippen LogP contribution in [0.25, 0.3) is 0 Å². The molecule has 0 aromatic heterocycles. The fourth-order valence-corrected chi connectivity index (χ4v) is 2.54. The average molecular weight is 378 g/mol. The third kappa shape index (κ3) is 4.31. The molecule has 142 valence electrons. The number of carbonyl (C=O) groups excluding carboxylic acids is 2. The summed E-state index contributed by atoms with van der Waals surface area (Å²) >= 11 is 0. The number of allylic oxidation sites excluding steroid dienone is 2. The van der Waals surface area contributed by atoms with Gasteiger partial charge in [0.1, 0.15) is 5.75 Å². The van der Waals surface area contributed by atoms with Crippen molar-refractivity contribution in [3.05, 3.63) is 42.1 Å². The molecular formula is C19H17F3N2O3. The Morgan fingerprint density at radius 1 is 1.44 bits per heavy atom. The van der Waals surface area contributed by atoms with Crippen LogP contribution >= 0.6 is 0 Å². The highest BCUT2D eigenvalue weighted by molar-refractivity contribution is 6.01. The first-order valence-electron chi connectivity index (χ1n) is 7.82. The van der Waals surface area contributed by atoms with Gasteiger partial charge in [-0.15, -0.1) is 6.42 Å². The van der Waals surface area contributed by atoms with Crippen LogP contribution in [0.3, 0.4) is 0 Å². The first kappa shape index (κ1) is 20.1. The van der Waals surface area contributed by atoms with Crippen molar-refractivity contribution in [2.24, 2.45) is 0 Å². The van der Waals surface area contributed by atoms with Gasteiger partial charge in [0.2, 0.25) is 5.91 Å². The number of anilines is 2. The third-order valence-electron chi connectivity index (χ3n) is 3.83. The molecule has 0 atom stereocenters. The molecule has 1 aliphatic heterocycles. The maximum Gasteiger partial charge on any atom is 0.412 e. The van der Waals surface area contributed by atoms with Crippen molar-refractivity contribution in [2.75, 3.05) is 23.0 Å². The quantitative estimate of drug-likeness (QED) is 0.596. The van der Waals surface area contributed by atoms with Gasteiger partial charge in [-0.25, -0.2) is 0 Å². The average Bonchev–Trinajstić information content (AvgIpc) is 2.56. The standard InChI is InChI=1S/C19H17F3N2O3/c1-5-8-23-16-10-15(6-7-17(16)27-11-18(23)26)24(14(4)25)13(3)9-12(2)19(20,21)22/h1,6-7,9-10H,3,8,11H2,2,4H3/b12-9+. The summed E-state index contributed by atoms with van der Waals surface area (Å²) in [4.78, 5) is 26.4. The predicted octanol–water partition coefficient (Wildman–Crippen LogP) is 3.42. The van der Waals surface area contributed by atoms with Gasteiger partial charge in [0.05, 0.1) is 17.9 Å². The Kier molecular flexibility index (Phi) is 5.64. The SMILES string of the molecule is C#CCN1C(=O)COc2ccc(N(C(=C)/C=C(\C)C(F)(F)F)C(C)=O)cc21. The lowest BCUT2D eigenvalue weighted by Gasteiger charge is -2.30. The van der Waals surface area contributed by atoms with E-state index in [4.69, 9.17) is 11.2 Å². The predicted molar refractivity (Wildman–Crippen MR) is 95.2 cm³/mol. The van der Waals surface area contributed by atoms with Gasteiger partial charge < -0.3 is 4.74 Å². The molecule has 5 nitrogen and oxygen atoms in total. The van der Waals surface area contributed by atoms with Crippen molar-refractivity contribution in [1.29, 1.82) is 0 Å². The van der Waals surface area contributed by atoms with E-state index in [1.807, 2.05) is 0 Å². The minimum atomic E-state index is -4.54. The van der Waals surface area contributed by atoms with Crippen molar-refractivity contribution < 1.29 is 27.5 Å². The summed E-state index contributed by atoms with van der Waals surface area (Å²) in [6, 6.07) is 4.46. The zero-order valence-corrected chi connectivity index (χ0v) is 14.8. The Labute approximate surface area is 154 Å². The molecule has 1 heterocycles. The number of alkyl halides is 3. The summed E-state index contributed by atoms with van der Waals surface area (Å²) in [6.45, 7) is 5.47. The van der Waals surface area contributed by atoms with Crippen molar-refractivity contribution in [1.82, 2.24) is 0 Å². The highest BCUT2D eigenvalue weighted by Crippen LogP contribution is 2.37. The molecule has 0 fully saturated rings. The third-order valence-corrected chi connectivity index (χ3v) is 3.83. The molecule has 8 heteroatoms. The second-order valence-electron chi connectivity index (χ2n) is 5.80. The van der Waals surface area contributed by atoms with Crippen LogP contribution in [0.1, 0.15) is 13.8 Å². The van der Waals surface area contributed by atoms with Crippen molar-refractivity contribution in [3.8, 4) is 18.1 Å². The Bertz CT molecular complexity index is 866. The van der Waals surface area contributed by atoms with E-state index in [1.54, 1.807) is 0 Å². The van der Waals surface area contributed by atoms with Gasteiger partial charge in [0.25, 0.3) is 5.91 Å². The highest BCUT2D eigenvalue weighted by Gasteiger charge is 2.31. The Balaban J connectivity index is 2.48. The van der Waals surface area contributed by atoms with E-state index >= 15 is 0 Å². The van der Waals surface area contributed by atoms with Crippen LogP contribution in [0, 0.1) is 12.3 Å². The van der Waals surface area contributed by atoms with Crippen LogP contribution in [0.15, 0.2) is 42.1 Å². The van der Waals surface area contributed by atoms with Crippen LogP contribution in [-0.4, -0.2) is 31.1 Å². The molecule has 0 spiro atoms. The molecule has 0 saturated heterocycles. The number of carbonyl (C=O) groups is 2. The topological polar surface area (TPSA) is 49.9 Å². The Morgan fingerprint density at radius 2 is 2.11 bits per heavy atom. The zero-order chi connectivity index (χ0) is 20.4. The van der Waals surface area contributed by atoms with Crippen LogP contribution in [0.2, 0.25) is 0 Å². The molecule has 0 N–H and O–H groups in total. The van der Waals surface area contributed by atoms with E-state index in [9.17, 15) is 22.8 Å². The van der Waals surface area contributed by atoms with Gasteiger partial charge in [-0.2, -0.15) is 13.2 Å². The molecule has 2 rings (SSSR count). The van der Waals surface area contributed by atoms with E-state index in [0.717, 1.165) is 17.9 Å². The summed E-state index contributed by atoms with van der Waals surface area (Å²) in [6.07, 6.45) is 1.53. The molecule has 1 aromatic carbocycles. The number of amides is 2. The summed E-state index contributed by atoms with van der Waals surface area (Å²) in [5.74, 6) is 1.84. The number of terminal acetylenes is 1. The molecule has 0 radical (unpaired) electrons. The maximum absolute atomic E-state index is 12.8. The van der Waals surface area contributed by atoms with Crippen molar-refractivity contribution >= 4 is 23.2 Å². The van der Waals surface area contributed by atoms with Crippen molar-refractivity contribution in [3.63, 3.8) is 0 Å². The lowest BCUT2D eigenvalue weighted by molar-refractivity contribution is -0.121. The maximum atomic E-state index is 12.8. The number of hydrogen-bond acceptors (Lipinski definition) is 3. The lowest BCUT2D eigenvalue weighted by Crippen LogP contribution is -2.39. The molecule has 0 saturated carbocycles. The summed E-state index contributed by atoms with van der Waals surface area (Å²) in [5.41, 5.74) is -0.497. The summed E-state index contributed by atoms with van der Waals surface area (Å²) in [7, 11) is 0.